The standard InChI is InChI=1S/C20H18FN5O/c1-13-5-4-6-14-11-15(12-22)19(25-18(13)14)24-9-10-26(20(23)27)17-8-3-2-7-16(17)21/h2-8,11H,9-10H2,1H3,(H2,23,27)(H,24,25). The molecule has 3 N–H and O–H groups in total. The van der Waals surface area contributed by atoms with E-state index in [4.69, 9.17) is 5.73 Å². The number of urea groups is 1. The fourth-order valence-corrected chi connectivity index (χ4v) is 2.87. The van der Waals surface area contributed by atoms with Gasteiger partial charge in [-0.15, -0.1) is 0 Å². The van der Waals surface area contributed by atoms with Gasteiger partial charge >= 0.3 is 6.03 Å². The first-order valence-corrected chi connectivity index (χ1v) is 8.37. The highest BCUT2D eigenvalue weighted by atomic mass is 19.1. The summed E-state index contributed by atoms with van der Waals surface area (Å²) in [5.74, 6) is -0.120. The normalized spacial score (nSPS) is 10.4. The number of primary amides is 1. The predicted molar refractivity (Wildman–Crippen MR) is 103 cm³/mol. The topological polar surface area (TPSA) is 95.0 Å². The lowest BCUT2D eigenvalue weighted by atomic mass is 10.1. The number of pyridine rings is 1. The van der Waals surface area contributed by atoms with E-state index in [0.717, 1.165) is 21.4 Å². The Labute approximate surface area is 156 Å². The van der Waals surface area contributed by atoms with E-state index in [-0.39, 0.29) is 18.8 Å². The molecular formula is C20H18FN5O. The molecule has 7 heteroatoms. The molecule has 0 bridgehead atoms. The van der Waals surface area contributed by atoms with Crippen molar-refractivity contribution in [2.75, 3.05) is 23.3 Å². The van der Waals surface area contributed by atoms with E-state index >= 15 is 0 Å². The number of hydrogen-bond acceptors (Lipinski definition) is 4. The summed E-state index contributed by atoms with van der Waals surface area (Å²) < 4.78 is 14.0. The van der Waals surface area contributed by atoms with E-state index in [9.17, 15) is 14.4 Å². The molecule has 0 saturated heterocycles. The summed E-state index contributed by atoms with van der Waals surface area (Å²) in [6, 6.07) is 14.8. The van der Waals surface area contributed by atoms with Gasteiger partial charge in [-0.1, -0.05) is 30.3 Å². The lowest BCUT2D eigenvalue weighted by molar-refractivity contribution is 0.254. The van der Waals surface area contributed by atoms with Crippen LogP contribution < -0.4 is 16.0 Å². The second-order valence-corrected chi connectivity index (χ2v) is 6.01. The van der Waals surface area contributed by atoms with Crippen LogP contribution in [0.1, 0.15) is 11.1 Å². The van der Waals surface area contributed by atoms with Gasteiger partial charge in [0.2, 0.25) is 0 Å². The first-order valence-electron chi connectivity index (χ1n) is 8.37. The van der Waals surface area contributed by atoms with Crippen molar-refractivity contribution in [2.24, 2.45) is 5.73 Å². The number of carbonyl (C=O) groups excluding carboxylic acids is 1. The molecule has 2 amide bonds. The van der Waals surface area contributed by atoms with Gasteiger partial charge in [0.1, 0.15) is 17.7 Å². The van der Waals surface area contributed by atoms with E-state index < -0.39 is 11.8 Å². The van der Waals surface area contributed by atoms with Crippen LogP contribution in [0.25, 0.3) is 10.9 Å². The highest BCUT2D eigenvalue weighted by Gasteiger charge is 2.16. The van der Waals surface area contributed by atoms with Crippen LogP contribution in [-0.2, 0) is 0 Å². The van der Waals surface area contributed by atoms with Gasteiger partial charge in [-0.25, -0.2) is 14.2 Å². The zero-order valence-electron chi connectivity index (χ0n) is 14.7. The largest absolute Gasteiger partial charge is 0.367 e. The molecule has 0 fully saturated rings. The quantitative estimate of drug-likeness (QED) is 0.725. The van der Waals surface area contributed by atoms with E-state index in [1.54, 1.807) is 12.1 Å². The first-order chi connectivity index (χ1) is 13.0. The van der Waals surface area contributed by atoms with Crippen LogP contribution in [0.15, 0.2) is 48.5 Å². The van der Waals surface area contributed by atoms with Crippen molar-refractivity contribution in [1.29, 1.82) is 5.26 Å². The molecular weight excluding hydrogens is 345 g/mol. The third kappa shape index (κ3) is 3.80. The van der Waals surface area contributed by atoms with Crippen molar-refractivity contribution < 1.29 is 9.18 Å². The van der Waals surface area contributed by atoms with E-state index in [0.29, 0.717) is 11.4 Å². The highest BCUT2D eigenvalue weighted by Crippen LogP contribution is 2.23. The lowest BCUT2D eigenvalue weighted by Crippen LogP contribution is -2.39. The Bertz CT molecular complexity index is 1040. The molecule has 27 heavy (non-hydrogen) atoms. The molecule has 0 saturated carbocycles. The maximum atomic E-state index is 14.0. The molecule has 0 unspecified atom stereocenters. The molecule has 0 radical (unpaired) electrons. The van der Waals surface area contributed by atoms with Crippen LogP contribution in [-0.4, -0.2) is 24.1 Å². The molecule has 3 aromatic rings. The van der Waals surface area contributed by atoms with Crippen molar-refractivity contribution in [3.63, 3.8) is 0 Å². The molecule has 0 atom stereocenters. The Balaban J connectivity index is 1.82. The number of nitrogens with two attached hydrogens (primary N) is 1. The molecule has 2 aromatic carbocycles. The minimum absolute atomic E-state index is 0.106. The number of amides is 2. The van der Waals surface area contributed by atoms with Gasteiger partial charge < -0.3 is 11.1 Å². The van der Waals surface area contributed by atoms with Crippen molar-refractivity contribution in [1.82, 2.24) is 4.98 Å². The molecule has 0 spiro atoms. The Morgan fingerprint density at radius 1 is 1.30 bits per heavy atom. The molecule has 3 rings (SSSR count). The fraction of sp³-hybridized carbons (Fsp3) is 0.150. The Kier molecular flexibility index (Phi) is 5.18. The number of nitrogens with one attached hydrogen (secondary N) is 1. The van der Waals surface area contributed by atoms with Gasteiger partial charge in [0, 0.05) is 18.5 Å². The molecule has 136 valence electrons. The van der Waals surface area contributed by atoms with Gasteiger partial charge in [-0.3, -0.25) is 4.90 Å². The van der Waals surface area contributed by atoms with Crippen LogP contribution in [0.3, 0.4) is 0 Å². The number of anilines is 2. The van der Waals surface area contributed by atoms with Gasteiger partial charge in [-0.05, 0) is 30.7 Å². The van der Waals surface area contributed by atoms with Crippen molar-refractivity contribution >= 4 is 28.4 Å². The molecule has 1 aromatic heterocycles. The van der Waals surface area contributed by atoms with Gasteiger partial charge in [0.15, 0.2) is 0 Å². The summed E-state index contributed by atoms with van der Waals surface area (Å²) in [6.45, 7) is 2.31. The lowest BCUT2D eigenvalue weighted by Gasteiger charge is -2.21. The van der Waals surface area contributed by atoms with E-state index in [1.165, 1.54) is 18.2 Å². The minimum Gasteiger partial charge on any atom is -0.367 e. The summed E-state index contributed by atoms with van der Waals surface area (Å²) in [5.41, 5.74) is 7.67. The van der Waals surface area contributed by atoms with Crippen LogP contribution >= 0.6 is 0 Å². The summed E-state index contributed by atoms with van der Waals surface area (Å²) in [5, 5.41) is 13.3. The van der Waals surface area contributed by atoms with Crippen LogP contribution in [0.2, 0.25) is 0 Å². The molecule has 0 aliphatic rings. The summed E-state index contributed by atoms with van der Waals surface area (Å²) in [4.78, 5) is 17.4. The molecule has 0 aliphatic heterocycles. The smallest absolute Gasteiger partial charge is 0.319 e. The van der Waals surface area contributed by atoms with E-state index in [2.05, 4.69) is 16.4 Å². The number of para-hydroxylation sites is 2. The number of hydrogen-bond donors (Lipinski definition) is 2. The second kappa shape index (κ2) is 7.70. The predicted octanol–water partition coefficient (Wildman–Crippen LogP) is 3.55. The van der Waals surface area contributed by atoms with Gasteiger partial charge in [0.05, 0.1) is 16.8 Å². The number of halogens is 1. The SMILES string of the molecule is Cc1cccc2cc(C#N)c(NCCN(C(N)=O)c3ccccc3F)nc12. The van der Waals surface area contributed by atoms with Crippen molar-refractivity contribution in [2.45, 2.75) is 6.92 Å². The summed E-state index contributed by atoms with van der Waals surface area (Å²) in [7, 11) is 0. The van der Waals surface area contributed by atoms with Crippen LogP contribution in [0.5, 0.6) is 0 Å². The Morgan fingerprint density at radius 3 is 2.78 bits per heavy atom. The third-order valence-corrected chi connectivity index (χ3v) is 4.21. The number of carbonyl (C=O) groups is 1. The molecule has 6 nitrogen and oxygen atoms in total. The maximum Gasteiger partial charge on any atom is 0.319 e. The minimum atomic E-state index is -0.760. The molecule has 0 aliphatic carbocycles. The fourth-order valence-electron chi connectivity index (χ4n) is 2.87. The average molecular weight is 363 g/mol. The summed E-state index contributed by atoms with van der Waals surface area (Å²) >= 11 is 0. The number of fused-ring (bicyclic) bond motifs is 1. The first kappa shape index (κ1) is 18.1. The number of nitriles is 1. The number of aryl methyl sites for hydroxylation is 1. The third-order valence-electron chi connectivity index (χ3n) is 4.21. The average Bonchev–Trinajstić information content (AvgIpc) is 2.66. The van der Waals surface area contributed by atoms with Crippen LogP contribution in [0, 0.1) is 24.1 Å². The number of rotatable bonds is 5. The van der Waals surface area contributed by atoms with Crippen LogP contribution in [0.4, 0.5) is 20.7 Å². The second-order valence-electron chi connectivity index (χ2n) is 6.01. The maximum absolute atomic E-state index is 14.0. The Hall–Kier alpha value is -3.66. The zero-order chi connectivity index (χ0) is 19.4. The number of benzene rings is 2. The zero-order valence-corrected chi connectivity index (χ0v) is 14.7. The number of aromatic nitrogens is 1. The summed E-state index contributed by atoms with van der Waals surface area (Å²) in [6.07, 6.45) is 0. The highest BCUT2D eigenvalue weighted by molar-refractivity contribution is 5.91. The van der Waals surface area contributed by atoms with Crippen molar-refractivity contribution in [3.8, 4) is 6.07 Å². The molecule has 1 heterocycles. The Morgan fingerprint density at radius 2 is 2.07 bits per heavy atom. The number of nitrogens with zero attached hydrogens (tertiary/aromatic N) is 3. The van der Waals surface area contributed by atoms with E-state index in [1.807, 2.05) is 25.1 Å². The van der Waals surface area contributed by atoms with Gasteiger partial charge in [0.25, 0.3) is 0 Å². The van der Waals surface area contributed by atoms with Crippen molar-refractivity contribution in [3.05, 3.63) is 65.5 Å². The van der Waals surface area contributed by atoms with Gasteiger partial charge in [-0.2, -0.15) is 5.26 Å². The monoisotopic (exact) mass is 363 g/mol.